The Morgan fingerprint density at radius 2 is 1.21 bits per heavy atom. The van der Waals surface area contributed by atoms with Crippen LogP contribution in [-0.2, 0) is 9.59 Å². The van der Waals surface area contributed by atoms with Crippen molar-refractivity contribution in [3.63, 3.8) is 0 Å². The smallest absolute Gasteiger partial charge is 0.267 e. The van der Waals surface area contributed by atoms with E-state index in [-0.39, 0.29) is 17.4 Å². The molecule has 1 aliphatic rings. The topological polar surface area (TPSA) is 53.5 Å². The predicted molar refractivity (Wildman–Crippen MR) is 139 cm³/mol. The lowest BCUT2D eigenvalue weighted by Crippen LogP contribution is -2.41. The average Bonchev–Trinajstić information content (AvgIpc) is 3.52. The third-order valence-corrected chi connectivity index (χ3v) is 7.64. The van der Waals surface area contributed by atoms with Gasteiger partial charge in [0.2, 0.25) is 0 Å². The summed E-state index contributed by atoms with van der Waals surface area (Å²) in [7, 11) is 0. The zero-order chi connectivity index (χ0) is 23.1. The average molecular weight is 480 g/mol. The molecule has 5 aromatic rings. The summed E-state index contributed by atoms with van der Waals surface area (Å²) in [6, 6.07) is 30.7. The monoisotopic (exact) mass is 479 g/mol. The molecule has 34 heavy (non-hydrogen) atoms. The highest BCUT2D eigenvalue weighted by atomic mass is 32.1. The van der Waals surface area contributed by atoms with Crippen molar-refractivity contribution in [2.24, 2.45) is 0 Å². The van der Waals surface area contributed by atoms with Gasteiger partial charge in [-0.25, -0.2) is 15.0 Å². The lowest BCUT2D eigenvalue weighted by Gasteiger charge is -2.27. The zero-order valence-electron chi connectivity index (χ0n) is 17.8. The maximum absolute atomic E-state index is 13.5. The molecular weight excluding hydrogens is 462 g/mol. The van der Waals surface area contributed by atoms with Gasteiger partial charge in [-0.3, -0.25) is 9.59 Å². The van der Waals surface area contributed by atoms with Crippen LogP contribution in [0, 0.1) is 0 Å². The lowest BCUT2D eigenvalue weighted by atomic mass is 10.2. The van der Waals surface area contributed by atoms with Gasteiger partial charge in [-0.2, -0.15) is 0 Å². The van der Waals surface area contributed by atoms with E-state index in [2.05, 4.69) is 18.2 Å². The number of amides is 2. The maximum atomic E-state index is 13.5. The summed E-state index contributed by atoms with van der Waals surface area (Å²) in [5.41, 5.74) is 2.50. The molecule has 164 valence electrons. The van der Waals surface area contributed by atoms with Gasteiger partial charge in [-0.05, 0) is 42.0 Å². The summed E-state index contributed by atoms with van der Waals surface area (Å²) >= 11 is 3.08. The Bertz CT molecular complexity index is 1450. The summed E-state index contributed by atoms with van der Waals surface area (Å²) in [6.07, 6.45) is 1.61. The molecule has 0 N–H and O–H groups in total. The largest absolute Gasteiger partial charge is 0.283 e. The number of thiophene rings is 1. The van der Waals surface area contributed by atoms with E-state index in [1.54, 1.807) is 17.4 Å². The molecule has 0 aliphatic carbocycles. The highest BCUT2D eigenvalue weighted by molar-refractivity contribution is 7.29. The first kappa shape index (κ1) is 20.5. The first-order valence-electron chi connectivity index (χ1n) is 10.7. The number of hydrogen-bond donors (Lipinski definition) is 0. The Hall–Kier alpha value is -4.07. The van der Waals surface area contributed by atoms with Crippen molar-refractivity contribution >= 4 is 61.5 Å². The minimum Gasteiger partial charge on any atom is -0.267 e. The fourth-order valence-electron chi connectivity index (χ4n) is 3.91. The third kappa shape index (κ3) is 3.51. The van der Waals surface area contributed by atoms with E-state index in [1.807, 2.05) is 78.9 Å². The molecule has 3 heterocycles. The van der Waals surface area contributed by atoms with Crippen molar-refractivity contribution < 1.29 is 9.59 Å². The molecule has 0 saturated carbocycles. The standard InChI is InChI=1S/C27H17N3O2S2/c31-26-21(16-24-28-25-23(33-24)17-22(34-25)18-10-4-1-5-11-18)27(32)30(20-14-8-3-9-15-20)29(26)19-12-6-2-7-13-19/h1-17H. The van der Waals surface area contributed by atoms with Crippen LogP contribution >= 0.6 is 22.7 Å². The van der Waals surface area contributed by atoms with Crippen LogP contribution in [0.3, 0.4) is 0 Å². The number of benzene rings is 3. The number of nitrogens with zero attached hydrogens (tertiary/aromatic N) is 3. The highest BCUT2D eigenvalue weighted by Gasteiger charge is 2.43. The predicted octanol–water partition coefficient (Wildman–Crippen LogP) is 6.40. The number of fused-ring (bicyclic) bond motifs is 1. The van der Waals surface area contributed by atoms with E-state index in [0.29, 0.717) is 16.4 Å². The van der Waals surface area contributed by atoms with E-state index in [9.17, 15) is 9.59 Å². The van der Waals surface area contributed by atoms with Gasteiger partial charge < -0.3 is 0 Å². The maximum Gasteiger partial charge on any atom is 0.283 e. The Labute approximate surface area is 203 Å². The molecule has 0 spiro atoms. The second kappa shape index (κ2) is 8.37. The number of hydrogen-bond acceptors (Lipinski definition) is 5. The van der Waals surface area contributed by atoms with E-state index >= 15 is 0 Å². The first-order chi connectivity index (χ1) is 16.7. The molecule has 7 heteroatoms. The van der Waals surface area contributed by atoms with Crippen LogP contribution in [-0.4, -0.2) is 16.8 Å². The Balaban J connectivity index is 1.40. The number of carbonyl (C=O) groups is 2. The number of thiazole rings is 1. The van der Waals surface area contributed by atoms with Gasteiger partial charge in [0.25, 0.3) is 11.8 Å². The number of para-hydroxylation sites is 2. The SMILES string of the molecule is O=C1C(=Cc2nc3sc(-c4ccccc4)cc3s2)C(=O)N(c2ccccc2)N1c1ccccc1. The molecule has 1 fully saturated rings. The van der Waals surface area contributed by atoms with Crippen molar-refractivity contribution in [1.82, 2.24) is 4.98 Å². The van der Waals surface area contributed by atoms with Crippen molar-refractivity contribution in [3.05, 3.63) is 108 Å². The number of aromatic nitrogens is 1. The van der Waals surface area contributed by atoms with E-state index < -0.39 is 0 Å². The van der Waals surface area contributed by atoms with Gasteiger partial charge in [-0.15, -0.1) is 22.7 Å². The van der Waals surface area contributed by atoms with Crippen LogP contribution < -0.4 is 10.0 Å². The van der Waals surface area contributed by atoms with Crippen molar-refractivity contribution in [3.8, 4) is 10.4 Å². The number of rotatable bonds is 4. The minimum absolute atomic E-state index is 0.0948. The Kier molecular flexibility index (Phi) is 5.05. The first-order valence-corrected chi connectivity index (χ1v) is 12.3. The van der Waals surface area contributed by atoms with E-state index in [0.717, 1.165) is 20.0 Å². The van der Waals surface area contributed by atoms with Crippen molar-refractivity contribution in [2.45, 2.75) is 0 Å². The van der Waals surface area contributed by atoms with Gasteiger partial charge in [-0.1, -0.05) is 66.7 Å². The second-order valence-corrected chi connectivity index (χ2v) is 9.75. The fourth-order valence-corrected chi connectivity index (χ4v) is 6.08. The lowest BCUT2D eigenvalue weighted by molar-refractivity contribution is -0.116. The van der Waals surface area contributed by atoms with Crippen LogP contribution in [0.5, 0.6) is 0 Å². The fraction of sp³-hybridized carbons (Fsp3) is 0. The molecule has 2 amide bonds. The van der Waals surface area contributed by atoms with Crippen molar-refractivity contribution in [2.75, 3.05) is 10.0 Å². The number of hydrazine groups is 1. The molecule has 0 bridgehead atoms. The van der Waals surface area contributed by atoms with Crippen LogP contribution in [0.4, 0.5) is 11.4 Å². The van der Waals surface area contributed by atoms with E-state index in [1.165, 1.54) is 21.4 Å². The van der Waals surface area contributed by atoms with Crippen LogP contribution in [0.2, 0.25) is 0 Å². The van der Waals surface area contributed by atoms with Crippen LogP contribution in [0.25, 0.3) is 26.0 Å². The van der Waals surface area contributed by atoms with Crippen LogP contribution in [0.1, 0.15) is 5.01 Å². The number of carbonyl (C=O) groups excluding carboxylic acids is 2. The number of anilines is 2. The van der Waals surface area contributed by atoms with Crippen LogP contribution in [0.15, 0.2) is 103 Å². The van der Waals surface area contributed by atoms with Gasteiger partial charge in [0.1, 0.15) is 15.4 Å². The molecule has 5 nitrogen and oxygen atoms in total. The molecule has 6 rings (SSSR count). The molecule has 3 aromatic carbocycles. The molecular formula is C27H17N3O2S2. The molecule has 1 saturated heterocycles. The molecule has 0 unspecified atom stereocenters. The van der Waals surface area contributed by atoms with Crippen molar-refractivity contribution in [1.29, 1.82) is 0 Å². The zero-order valence-corrected chi connectivity index (χ0v) is 19.4. The molecule has 1 aliphatic heterocycles. The molecule has 0 radical (unpaired) electrons. The summed E-state index contributed by atoms with van der Waals surface area (Å²) in [4.78, 5) is 33.7. The second-order valence-electron chi connectivity index (χ2n) is 7.66. The quantitative estimate of drug-likeness (QED) is 0.221. The normalized spacial score (nSPS) is 13.8. The highest BCUT2D eigenvalue weighted by Crippen LogP contribution is 2.38. The molecule has 0 atom stereocenters. The third-order valence-electron chi connectivity index (χ3n) is 5.48. The summed E-state index contributed by atoms with van der Waals surface area (Å²) in [6.45, 7) is 0. The van der Waals surface area contributed by atoms with Gasteiger partial charge in [0.05, 0.1) is 16.1 Å². The summed E-state index contributed by atoms with van der Waals surface area (Å²) < 4.78 is 1.04. The van der Waals surface area contributed by atoms with Gasteiger partial charge in [0, 0.05) is 4.88 Å². The Morgan fingerprint density at radius 1 is 0.676 bits per heavy atom. The molecule has 2 aromatic heterocycles. The minimum atomic E-state index is -0.372. The van der Waals surface area contributed by atoms with Gasteiger partial charge >= 0.3 is 0 Å². The van der Waals surface area contributed by atoms with Gasteiger partial charge in [0.15, 0.2) is 0 Å². The summed E-state index contributed by atoms with van der Waals surface area (Å²) in [5.74, 6) is -0.743. The Morgan fingerprint density at radius 3 is 1.74 bits per heavy atom. The van der Waals surface area contributed by atoms with E-state index in [4.69, 9.17) is 4.98 Å². The summed E-state index contributed by atoms with van der Waals surface area (Å²) in [5, 5.41) is 3.49.